The molecule has 19 heavy (non-hydrogen) atoms. The van der Waals surface area contributed by atoms with Crippen LogP contribution in [-0.4, -0.2) is 23.5 Å². The highest BCUT2D eigenvalue weighted by molar-refractivity contribution is 14.0. The van der Waals surface area contributed by atoms with Gasteiger partial charge in [0.05, 0.1) is 6.54 Å². The molecular formula is C14H22IN3S. The van der Waals surface area contributed by atoms with Crippen molar-refractivity contribution < 1.29 is 0 Å². The molecule has 0 bridgehead atoms. The molecule has 1 aromatic rings. The fourth-order valence-corrected chi connectivity index (χ4v) is 3.18. The van der Waals surface area contributed by atoms with Gasteiger partial charge < -0.3 is 11.1 Å². The van der Waals surface area contributed by atoms with Gasteiger partial charge in [-0.2, -0.15) is 11.8 Å². The van der Waals surface area contributed by atoms with E-state index in [1.807, 2.05) is 17.8 Å². The lowest BCUT2D eigenvalue weighted by atomic mass is 10.1. The maximum absolute atomic E-state index is 5.90. The minimum atomic E-state index is 0. The second-order valence-corrected chi connectivity index (χ2v) is 6.19. The van der Waals surface area contributed by atoms with Crippen LogP contribution in [0.25, 0.3) is 0 Å². The molecule has 3 nitrogen and oxygen atoms in total. The number of guanidine groups is 1. The van der Waals surface area contributed by atoms with Gasteiger partial charge in [0.2, 0.25) is 0 Å². The van der Waals surface area contributed by atoms with E-state index in [-0.39, 0.29) is 24.0 Å². The molecule has 1 aliphatic rings. The summed E-state index contributed by atoms with van der Waals surface area (Å²) in [6.45, 7) is 5.03. The van der Waals surface area contributed by atoms with Gasteiger partial charge in [-0.15, -0.1) is 24.0 Å². The van der Waals surface area contributed by atoms with Crippen LogP contribution in [0.1, 0.15) is 24.0 Å². The zero-order chi connectivity index (χ0) is 13.0. The molecule has 0 radical (unpaired) electrons. The van der Waals surface area contributed by atoms with Crippen LogP contribution in [-0.2, 0) is 0 Å². The Balaban J connectivity index is 0.00000180. The number of rotatable bonds is 3. The van der Waals surface area contributed by atoms with Crippen molar-refractivity contribution in [1.29, 1.82) is 0 Å². The summed E-state index contributed by atoms with van der Waals surface area (Å²) in [4.78, 5) is 4.42. The van der Waals surface area contributed by atoms with E-state index < -0.39 is 0 Å². The normalized spacial score (nSPS) is 19.1. The smallest absolute Gasteiger partial charge is 0.193 e. The highest BCUT2D eigenvalue weighted by Gasteiger charge is 2.14. The van der Waals surface area contributed by atoms with Gasteiger partial charge in [-0.1, -0.05) is 6.07 Å². The molecule has 1 atom stereocenters. The number of halogens is 1. The molecule has 3 N–H and O–H groups in total. The molecule has 1 heterocycles. The Bertz CT molecular complexity index is 442. The van der Waals surface area contributed by atoms with Crippen LogP contribution < -0.4 is 11.1 Å². The van der Waals surface area contributed by atoms with Crippen molar-refractivity contribution in [2.45, 2.75) is 31.9 Å². The number of thioether (sulfide) groups is 1. The van der Waals surface area contributed by atoms with Gasteiger partial charge >= 0.3 is 0 Å². The lowest BCUT2D eigenvalue weighted by Crippen LogP contribution is -2.24. The van der Waals surface area contributed by atoms with E-state index in [0.717, 1.165) is 12.2 Å². The van der Waals surface area contributed by atoms with Crippen molar-refractivity contribution in [2.75, 3.05) is 17.6 Å². The number of anilines is 1. The maximum atomic E-state index is 5.90. The molecule has 0 saturated carbocycles. The van der Waals surface area contributed by atoms with E-state index in [1.54, 1.807) is 0 Å². The predicted molar refractivity (Wildman–Crippen MR) is 96.9 cm³/mol. The average molecular weight is 391 g/mol. The molecule has 1 saturated heterocycles. The van der Waals surface area contributed by atoms with Gasteiger partial charge in [0.25, 0.3) is 0 Å². The number of hydrogen-bond acceptors (Lipinski definition) is 2. The van der Waals surface area contributed by atoms with Gasteiger partial charge in [0.15, 0.2) is 5.96 Å². The highest BCUT2D eigenvalue weighted by Crippen LogP contribution is 2.26. The minimum Gasteiger partial charge on any atom is -0.370 e. The lowest BCUT2D eigenvalue weighted by Gasteiger charge is -2.09. The summed E-state index contributed by atoms with van der Waals surface area (Å²) in [5, 5.41) is 3.81. The van der Waals surface area contributed by atoms with Gasteiger partial charge in [-0.25, -0.2) is 0 Å². The minimum absolute atomic E-state index is 0. The summed E-state index contributed by atoms with van der Waals surface area (Å²) in [7, 11) is 0. The average Bonchev–Trinajstić information content (AvgIpc) is 2.84. The maximum Gasteiger partial charge on any atom is 0.193 e. The quantitative estimate of drug-likeness (QED) is 0.471. The van der Waals surface area contributed by atoms with Crippen molar-refractivity contribution in [3.63, 3.8) is 0 Å². The van der Waals surface area contributed by atoms with Crippen molar-refractivity contribution >= 4 is 47.4 Å². The van der Waals surface area contributed by atoms with Crippen LogP contribution in [0.3, 0.4) is 0 Å². The molecular weight excluding hydrogens is 369 g/mol. The molecule has 1 aliphatic heterocycles. The third-order valence-corrected chi connectivity index (χ3v) is 4.65. The Morgan fingerprint density at radius 1 is 1.42 bits per heavy atom. The van der Waals surface area contributed by atoms with E-state index in [1.165, 1.54) is 29.7 Å². The third-order valence-electron chi connectivity index (χ3n) is 3.27. The summed E-state index contributed by atoms with van der Waals surface area (Å²) >= 11 is 2.00. The first kappa shape index (κ1) is 16.6. The van der Waals surface area contributed by atoms with Crippen LogP contribution in [0.4, 0.5) is 5.69 Å². The van der Waals surface area contributed by atoms with Crippen LogP contribution >= 0.6 is 35.7 Å². The fourth-order valence-electron chi connectivity index (χ4n) is 2.00. The van der Waals surface area contributed by atoms with E-state index in [4.69, 9.17) is 5.73 Å². The number of nitrogens with zero attached hydrogens (tertiary/aromatic N) is 1. The van der Waals surface area contributed by atoms with Crippen LogP contribution in [0.5, 0.6) is 0 Å². The molecule has 0 amide bonds. The fraction of sp³-hybridized carbons (Fsp3) is 0.500. The van der Waals surface area contributed by atoms with E-state index >= 15 is 0 Å². The zero-order valence-electron chi connectivity index (χ0n) is 11.5. The number of nitrogens with one attached hydrogen (secondary N) is 1. The van der Waals surface area contributed by atoms with Gasteiger partial charge in [0, 0.05) is 10.9 Å². The molecule has 1 aromatic carbocycles. The van der Waals surface area contributed by atoms with Gasteiger partial charge in [-0.05, 0) is 55.7 Å². The molecule has 0 aromatic heterocycles. The molecule has 106 valence electrons. The lowest BCUT2D eigenvalue weighted by molar-refractivity contribution is 0.786. The van der Waals surface area contributed by atoms with Crippen LogP contribution in [0.15, 0.2) is 23.2 Å². The molecule has 1 unspecified atom stereocenters. The van der Waals surface area contributed by atoms with Gasteiger partial charge in [-0.3, -0.25) is 4.99 Å². The topological polar surface area (TPSA) is 50.4 Å². The summed E-state index contributed by atoms with van der Waals surface area (Å²) in [6.07, 6.45) is 2.58. The Morgan fingerprint density at radius 2 is 2.21 bits per heavy atom. The Morgan fingerprint density at radius 3 is 2.84 bits per heavy atom. The van der Waals surface area contributed by atoms with E-state index in [0.29, 0.717) is 11.2 Å². The predicted octanol–water partition coefficient (Wildman–Crippen LogP) is 3.54. The summed E-state index contributed by atoms with van der Waals surface area (Å²) in [5.41, 5.74) is 9.47. The first-order valence-electron chi connectivity index (χ1n) is 6.41. The van der Waals surface area contributed by atoms with Crippen molar-refractivity contribution in [3.05, 3.63) is 29.3 Å². The Hall–Kier alpha value is -0.430. The molecule has 1 fully saturated rings. The SMILES string of the molecule is Cc1ccc(NC(N)=NCC2CCCS2)cc1C.I. The molecule has 2 rings (SSSR count). The van der Waals surface area contributed by atoms with E-state index in [2.05, 4.69) is 36.3 Å². The van der Waals surface area contributed by atoms with Crippen molar-refractivity contribution in [3.8, 4) is 0 Å². The Labute approximate surface area is 136 Å². The number of aryl methyl sites for hydroxylation is 2. The second-order valence-electron chi connectivity index (χ2n) is 4.78. The number of hydrogen-bond donors (Lipinski definition) is 2. The Kier molecular flexibility index (Phi) is 6.99. The summed E-state index contributed by atoms with van der Waals surface area (Å²) < 4.78 is 0. The third kappa shape index (κ3) is 5.22. The highest BCUT2D eigenvalue weighted by atomic mass is 127. The molecule has 5 heteroatoms. The second kappa shape index (κ2) is 7.99. The van der Waals surface area contributed by atoms with Gasteiger partial charge in [0.1, 0.15) is 0 Å². The van der Waals surface area contributed by atoms with Crippen molar-refractivity contribution in [2.24, 2.45) is 10.7 Å². The van der Waals surface area contributed by atoms with Crippen molar-refractivity contribution in [1.82, 2.24) is 0 Å². The number of nitrogens with two attached hydrogens (primary N) is 1. The molecule has 0 aliphatic carbocycles. The summed E-state index contributed by atoms with van der Waals surface area (Å²) in [5.74, 6) is 1.79. The standard InChI is InChI=1S/C14H21N3S.HI/c1-10-5-6-12(8-11(10)2)17-14(15)16-9-13-4-3-7-18-13;/h5-6,8,13H,3-4,7,9H2,1-2H3,(H3,15,16,17);1H. The number of benzene rings is 1. The van der Waals surface area contributed by atoms with Crippen LogP contribution in [0, 0.1) is 13.8 Å². The monoisotopic (exact) mass is 391 g/mol. The van der Waals surface area contributed by atoms with Crippen LogP contribution in [0.2, 0.25) is 0 Å². The first-order valence-corrected chi connectivity index (χ1v) is 7.46. The summed E-state index contributed by atoms with van der Waals surface area (Å²) in [6, 6.07) is 6.23. The first-order chi connectivity index (χ1) is 8.65. The molecule has 0 spiro atoms. The zero-order valence-corrected chi connectivity index (χ0v) is 14.6. The van der Waals surface area contributed by atoms with E-state index in [9.17, 15) is 0 Å². The largest absolute Gasteiger partial charge is 0.370 e. The number of aliphatic imine (C=N–C) groups is 1.